The fourth-order valence-electron chi connectivity index (χ4n) is 4.32. The third-order valence-electron chi connectivity index (χ3n) is 5.66. The van der Waals surface area contributed by atoms with Crippen molar-refractivity contribution in [3.8, 4) is 5.75 Å². The monoisotopic (exact) mass is 380 g/mol. The fourth-order valence-corrected chi connectivity index (χ4v) is 4.50. The third-order valence-corrected chi connectivity index (χ3v) is 5.90. The van der Waals surface area contributed by atoms with E-state index in [0.717, 1.165) is 41.9 Å². The summed E-state index contributed by atoms with van der Waals surface area (Å²) in [6, 6.07) is 14.3. The van der Waals surface area contributed by atoms with Crippen molar-refractivity contribution >= 4 is 17.3 Å². The number of hydrazone groups is 1. The van der Waals surface area contributed by atoms with E-state index in [1.807, 2.05) is 29.3 Å². The lowest BCUT2D eigenvalue weighted by Gasteiger charge is -2.47. The summed E-state index contributed by atoms with van der Waals surface area (Å²) in [7, 11) is 0. The second-order valence-corrected chi connectivity index (χ2v) is 8.03. The molecule has 0 amide bonds. The number of aryl methyl sites for hydroxylation is 1. The SMILES string of the molecule is Cc1ccc(C2=NN3[C@@H](C2)c2cc(Cl)ccc2O[C@]32C=C(O)CCC2)cc1. The van der Waals surface area contributed by atoms with Crippen LogP contribution in [0.1, 0.15) is 48.4 Å². The van der Waals surface area contributed by atoms with Gasteiger partial charge in [0.2, 0.25) is 5.72 Å². The Morgan fingerprint density at radius 3 is 2.81 bits per heavy atom. The smallest absolute Gasteiger partial charge is 0.220 e. The zero-order valence-electron chi connectivity index (χ0n) is 15.2. The highest BCUT2D eigenvalue weighted by Gasteiger charge is 2.50. The Morgan fingerprint density at radius 2 is 2.04 bits per heavy atom. The van der Waals surface area contributed by atoms with Gasteiger partial charge in [-0.3, -0.25) is 0 Å². The first-order chi connectivity index (χ1) is 13.0. The van der Waals surface area contributed by atoms with Crippen molar-refractivity contribution < 1.29 is 9.84 Å². The molecule has 2 aromatic carbocycles. The van der Waals surface area contributed by atoms with Crippen LogP contribution >= 0.6 is 11.6 Å². The number of fused-ring (bicyclic) bond motifs is 4. The minimum absolute atomic E-state index is 0.0471. The van der Waals surface area contributed by atoms with Gasteiger partial charge in [0.05, 0.1) is 17.5 Å². The van der Waals surface area contributed by atoms with Gasteiger partial charge in [-0.05, 0) is 37.1 Å². The van der Waals surface area contributed by atoms with Crippen molar-refractivity contribution in [1.82, 2.24) is 5.01 Å². The van der Waals surface area contributed by atoms with Crippen LogP contribution in [-0.4, -0.2) is 21.6 Å². The average molecular weight is 381 g/mol. The number of hydrogen-bond donors (Lipinski definition) is 1. The van der Waals surface area contributed by atoms with Gasteiger partial charge in [0.1, 0.15) is 5.75 Å². The Labute approximate surface area is 163 Å². The van der Waals surface area contributed by atoms with Crippen molar-refractivity contribution in [1.29, 1.82) is 0 Å². The van der Waals surface area contributed by atoms with Gasteiger partial charge in [0, 0.05) is 35.9 Å². The van der Waals surface area contributed by atoms with Crippen molar-refractivity contribution in [2.75, 3.05) is 0 Å². The Balaban J connectivity index is 1.64. The molecule has 3 aliphatic rings. The molecular weight excluding hydrogens is 360 g/mol. The summed E-state index contributed by atoms with van der Waals surface area (Å²) in [5.74, 6) is 1.20. The zero-order chi connectivity index (χ0) is 18.6. The summed E-state index contributed by atoms with van der Waals surface area (Å²) in [5, 5.41) is 17.9. The summed E-state index contributed by atoms with van der Waals surface area (Å²) in [5.41, 5.74) is 3.71. The topological polar surface area (TPSA) is 45.1 Å². The first-order valence-corrected chi connectivity index (χ1v) is 9.75. The van der Waals surface area contributed by atoms with Gasteiger partial charge in [-0.1, -0.05) is 41.4 Å². The molecule has 0 radical (unpaired) electrons. The predicted octanol–water partition coefficient (Wildman–Crippen LogP) is 5.51. The molecule has 0 saturated heterocycles. The predicted molar refractivity (Wildman–Crippen MR) is 106 cm³/mol. The van der Waals surface area contributed by atoms with Crippen LogP contribution < -0.4 is 4.74 Å². The number of hydrogen-bond acceptors (Lipinski definition) is 4. The maximum Gasteiger partial charge on any atom is 0.220 e. The molecule has 4 nitrogen and oxygen atoms in total. The zero-order valence-corrected chi connectivity index (χ0v) is 15.9. The van der Waals surface area contributed by atoms with Crippen LogP contribution in [0, 0.1) is 6.92 Å². The summed E-state index contributed by atoms with van der Waals surface area (Å²) < 4.78 is 6.43. The van der Waals surface area contributed by atoms with Gasteiger partial charge >= 0.3 is 0 Å². The highest BCUT2D eigenvalue weighted by molar-refractivity contribution is 6.30. The van der Waals surface area contributed by atoms with E-state index in [-0.39, 0.29) is 6.04 Å². The molecule has 5 rings (SSSR count). The maximum absolute atomic E-state index is 10.2. The van der Waals surface area contributed by atoms with E-state index >= 15 is 0 Å². The van der Waals surface area contributed by atoms with Crippen LogP contribution in [0.2, 0.25) is 5.02 Å². The third kappa shape index (κ3) is 2.71. The van der Waals surface area contributed by atoms with E-state index in [9.17, 15) is 5.11 Å². The standard InChI is InChI=1S/C22H21ClN2O2/c1-14-4-6-15(7-5-14)19-12-20-18-11-16(23)8-9-21(18)27-22(25(20)24-19)10-2-3-17(26)13-22/h4-9,11,13,20,26H,2-3,10,12H2,1H3/t20-,22+/m0/s1. The molecule has 2 atom stereocenters. The largest absolute Gasteiger partial charge is 0.512 e. The Bertz CT molecular complexity index is 967. The van der Waals surface area contributed by atoms with E-state index in [1.54, 1.807) is 0 Å². The first-order valence-electron chi connectivity index (χ1n) is 9.37. The lowest BCUT2D eigenvalue weighted by atomic mass is 9.90. The molecule has 138 valence electrons. The van der Waals surface area contributed by atoms with Crippen LogP contribution in [0.4, 0.5) is 0 Å². The normalized spacial score (nSPS) is 26.1. The van der Waals surface area contributed by atoms with E-state index in [1.165, 1.54) is 5.56 Å². The maximum atomic E-state index is 10.2. The van der Waals surface area contributed by atoms with Crippen LogP contribution in [0.5, 0.6) is 5.75 Å². The Morgan fingerprint density at radius 1 is 1.22 bits per heavy atom. The van der Waals surface area contributed by atoms with Crippen LogP contribution in [0.3, 0.4) is 0 Å². The molecule has 5 heteroatoms. The van der Waals surface area contributed by atoms with E-state index in [2.05, 4.69) is 31.2 Å². The molecule has 2 heterocycles. The second-order valence-electron chi connectivity index (χ2n) is 7.60. The molecule has 0 unspecified atom stereocenters. The highest BCUT2D eigenvalue weighted by atomic mass is 35.5. The second kappa shape index (κ2) is 6.03. The van der Waals surface area contributed by atoms with Crippen molar-refractivity contribution in [2.45, 2.75) is 44.4 Å². The molecule has 1 spiro atoms. The summed E-state index contributed by atoms with van der Waals surface area (Å²) in [6.07, 6.45) is 4.97. The van der Waals surface area contributed by atoms with Gasteiger partial charge in [-0.15, -0.1) is 0 Å². The minimum Gasteiger partial charge on any atom is -0.512 e. The van der Waals surface area contributed by atoms with Crippen LogP contribution in [-0.2, 0) is 0 Å². The minimum atomic E-state index is -0.736. The molecule has 0 bridgehead atoms. The fraction of sp³-hybridized carbons (Fsp3) is 0.318. The highest BCUT2D eigenvalue weighted by Crippen LogP contribution is 2.50. The number of aliphatic hydroxyl groups is 1. The van der Waals surface area contributed by atoms with Crippen molar-refractivity contribution in [3.63, 3.8) is 0 Å². The Hall–Kier alpha value is -2.46. The first kappa shape index (κ1) is 16.7. The van der Waals surface area contributed by atoms with E-state index in [4.69, 9.17) is 21.4 Å². The van der Waals surface area contributed by atoms with Gasteiger partial charge in [-0.2, -0.15) is 5.10 Å². The Kier molecular flexibility index (Phi) is 3.73. The van der Waals surface area contributed by atoms with Gasteiger partial charge in [0.15, 0.2) is 0 Å². The number of nitrogens with zero attached hydrogens (tertiary/aromatic N) is 2. The lowest BCUT2D eigenvalue weighted by molar-refractivity contribution is -0.0944. The van der Waals surface area contributed by atoms with Crippen LogP contribution in [0.15, 0.2) is 59.4 Å². The molecule has 27 heavy (non-hydrogen) atoms. The molecule has 1 aliphatic carbocycles. The quantitative estimate of drug-likeness (QED) is 0.709. The number of rotatable bonds is 1. The van der Waals surface area contributed by atoms with Crippen molar-refractivity contribution in [3.05, 3.63) is 76.0 Å². The summed E-state index contributed by atoms with van der Waals surface area (Å²) in [6.45, 7) is 2.08. The average Bonchev–Trinajstić information content (AvgIpc) is 3.10. The molecule has 0 fully saturated rings. The molecule has 0 saturated carbocycles. The summed E-state index contributed by atoms with van der Waals surface area (Å²) >= 11 is 6.27. The number of allylic oxidation sites excluding steroid dienone is 1. The number of benzene rings is 2. The number of ether oxygens (including phenoxy) is 1. The molecule has 2 aromatic rings. The lowest BCUT2D eigenvalue weighted by Crippen LogP contribution is -2.53. The van der Waals surface area contributed by atoms with E-state index in [0.29, 0.717) is 17.2 Å². The van der Waals surface area contributed by atoms with Gasteiger partial charge in [-0.25, -0.2) is 5.01 Å². The van der Waals surface area contributed by atoms with Crippen molar-refractivity contribution in [2.24, 2.45) is 5.10 Å². The molecule has 1 N–H and O–H groups in total. The molecular formula is C22H21ClN2O2. The molecule has 2 aliphatic heterocycles. The molecule has 0 aromatic heterocycles. The van der Waals surface area contributed by atoms with Gasteiger partial charge in [0.25, 0.3) is 0 Å². The number of aliphatic hydroxyl groups excluding tert-OH is 1. The van der Waals surface area contributed by atoms with Gasteiger partial charge < -0.3 is 9.84 Å². The summed E-state index contributed by atoms with van der Waals surface area (Å²) in [4.78, 5) is 0. The van der Waals surface area contributed by atoms with E-state index < -0.39 is 5.72 Å². The van der Waals surface area contributed by atoms with Crippen LogP contribution in [0.25, 0.3) is 0 Å². The number of halogens is 1.